The summed E-state index contributed by atoms with van der Waals surface area (Å²) < 4.78 is 3.76. The highest BCUT2D eigenvalue weighted by atomic mass is 35.5. The second-order valence-corrected chi connectivity index (χ2v) is 8.93. The SMILES string of the molecule is Cc1cc(C)n(C(C)C2=NN(c3ccn(Cc4cc(Cl)ccc4Cl)n3)C(N)S2)n1. The average Bonchev–Trinajstić information content (AvgIpc) is 3.36. The van der Waals surface area contributed by atoms with Crippen molar-refractivity contribution in [1.82, 2.24) is 19.6 Å². The van der Waals surface area contributed by atoms with Crippen molar-refractivity contribution in [2.24, 2.45) is 10.8 Å². The molecule has 0 aliphatic carbocycles. The average molecular weight is 450 g/mol. The Labute approximate surface area is 183 Å². The summed E-state index contributed by atoms with van der Waals surface area (Å²) in [6.07, 6.45) is 1.88. The third-order valence-corrected chi connectivity index (χ3v) is 6.37. The second-order valence-electron chi connectivity index (χ2n) is 6.95. The zero-order chi connectivity index (χ0) is 20.7. The van der Waals surface area contributed by atoms with E-state index in [1.54, 1.807) is 21.8 Å². The van der Waals surface area contributed by atoms with Crippen molar-refractivity contribution >= 4 is 45.8 Å². The van der Waals surface area contributed by atoms with Crippen LogP contribution < -0.4 is 10.7 Å². The molecular formula is C19H21Cl2N7S. The number of anilines is 1. The lowest BCUT2D eigenvalue weighted by Gasteiger charge is -2.15. The van der Waals surface area contributed by atoms with E-state index in [1.807, 2.05) is 36.9 Å². The van der Waals surface area contributed by atoms with Crippen LogP contribution in [-0.2, 0) is 6.54 Å². The Morgan fingerprint density at radius 2 is 1.97 bits per heavy atom. The predicted octanol–water partition coefficient (Wildman–Crippen LogP) is 4.42. The third kappa shape index (κ3) is 4.16. The molecule has 2 aromatic heterocycles. The lowest BCUT2D eigenvalue weighted by Crippen LogP contribution is -2.32. The molecule has 152 valence electrons. The Morgan fingerprint density at radius 3 is 2.69 bits per heavy atom. The van der Waals surface area contributed by atoms with Crippen LogP contribution in [-0.4, -0.2) is 30.1 Å². The van der Waals surface area contributed by atoms with E-state index in [0.717, 1.165) is 22.0 Å². The van der Waals surface area contributed by atoms with Gasteiger partial charge in [-0.25, -0.2) is 5.01 Å². The number of benzene rings is 1. The summed E-state index contributed by atoms with van der Waals surface area (Å²) in [7, 11) is 0. The van der Waals surface area contributed by atoms with E-state index in [2.05, 4.69) is 23.2 Å². The first-order valence-electron chi connectivity index (χ1n) is 9.12. The molecule has 2 atom stereocenters. The molecule has 1 aliphatic rings. The minimum Gasteiger partial charge on any atom is -0.301 e. The lowest BCUT2D eigenvalue weighted by atomic mass is 10.2. The number of hydrazone groups is 1. The maximum Gasteiger partial charge on any atom is 0.173 e. The molecule has 7 nitrogen and oxygen atoms in total. The Balaban J connectivity index is 1.54. The van der Waals surface area contributed by atoms with E-state index < -0.39 is 0 Å². The molecule has 0 amide bonds. The Hall–Kier alpha value is -2.00. The van der Waals surface area contributed by atoms with Gasteiger partial charge in [0.25, 0.3) is 0 Å². The van der Waals surface area contributed by atoms with Crippen molar-refractivity contribution in [3.8, 4) is 0 Å². The van der Waals surface area contributed by atoms with Gasteiger partial charge >= 0.3 is 0 Å². The summed E-state index contributed by atoms with van der Waals surface area (Å²) in [5.74, 6) is 0.679. The van der Waals surface area contributed by atoms with Crippen LogP contribution in [0.4, 0.5) is 5.82 Å². The number of hydrogen-bond acceptors (Lipinski definition) is 6. The van der Waals surface area contributed by atoms with E-state index >= 15 is 0 Å². The molecule has 2 N–H and O–H groups in total. The standard InChI is InChI=1S/C19H21Cl2N7S/c1-11-8-12(2)27(23-11)13(3)18-25-28(19(22)29-18)17-6-7-26(24-17)10-14-9-15(20)4-5-16(14)21/h4-9,13,19H,10,22H2,1-3H3. The smallest absolute Gasteiger partial charge is 0.173 e. The maximum absolute atomic E-state index is 6.32. The number of halogens is 2. The molecule has 0 fully saturated rings. The highest BCUT2D eigenvalue weighted by Crippen LogP contribution is 2.32. The third-order valence-electron chi connectivity index (χ3n) is 4.66. The number of thioether (sulfide) groups is 1. The largest absolute Gasteiger partial charge is 0.301 e. The van der Waals surface area contributed by atoms with Crippen molar-refractivity contribution < 1.29 is 0 Å². The summed E-state index contributed by atoms with van der Waals surface area (Å²) in [4.78, 5) is 0. The quantitative estimate of drug-likeness (QED) is 0.623. The van der Waals surface area contributed by atoms with Gasteiger partial charge in [-0.05, 0) is 50.6 Å². The maximum atomic E-state index is 6.32. The van der Waals surface area contributed by atoms with Crippen LogP contribution in [0.1, 0.15) is 29.9 Å². The number of nitrogens with zero attached hydrogens (tertiary/aromatic N) is 6. The second kappa shape index (κ2) is 8.02. The van der Waals surface area contributed by atoms with Crippen LogP contribution >= 0.6 is 35.0 Å². The summed E-state index contributed by atoms with van der Waals surface area (Å²) in [5.41, 5.74) is 8.95. The van der Waals surface area contributed by atoms with Gasteiger partial charge in [-0.15, -0.1) is 0 Å². The van der Waals surface area contributed by atoms with Gasteiger partial charge in [0, 0.05) is 28.0 Å². The summed E-state index contributed by atoms with van der Waals surface area (Å²) in [6, 6.07) is 9.33. The summed E-state index contributed by atoms with van der Waals surface area (Å²) in [6.45, 7) is 6.60. The molecule has 0 bridgehead atoms. The summed E-state index contributed by atoms with van der Waals surface area (Å²) in [5, 5.41) is 17.8. The molecular weight excluding hydrogens is 429 g/mol. The van der Waals surface area contributed by atoms with Gasteiger partial charge < -0.3 is 5.73 Å². The molecule has 3 heterocycles. The van der Waals surface area contributed by atoms with Crippen molar-refractivity contribution in [3.05, 3.63) is 63.5 Å². The molecule has 0 saturated carbocycles. The van der Waals surface area contributed by atoms with E-state index in [4.69, 9.17) is 34.0 Å². The van der Waals surface area contributed by atoms with Crippen LogP contribution in [0.3, 0.4) is 0 Å². The van der Waals surface area contributed by atoms with Crippen LogP contribution in [0.5, 0.6) is 0 Å². The van der Waals surface area contributed by atoms with E-state index in [-0.39, 0.29) is 11.5 Å². The first-order valence-corrected chi connectivity index (χ1v) is 10.8. The number of aromatic nitrogens is 4. The number of rotatable bonds is 5. The molecule has 1 aliphatic heterocycles. The van der Waals surface area contributed by atoms with E-state index in [9.17, 15) is 0 Å². The first-order chi connectivity index (χ1) is 13.8. The normalized spacial score (nSPS) is 17.7. The van der Waals surface area contributed by atoms with Crippen LogP contribution in [0.15, 0.2) is 41.6 Å². The van der Waals surface area contributed by atoms with Gasteiger partial charge in [0.1, 0.15) is 5.04 Å². The lowest BCUT2D eigenvalue weighted by molar-refractivity contribution is 0.591. The van der Waals surface area contributed by atoms with Crippen molar-refractivity contribution in [3.63, 3.8) is 0 Å². The molecule has 0 radical (unpaired) electrons. The fourth-order valence-electron chi connectivity index (χ4n) is 3.27. The molecule has 3 aromatic rings. The molecule has 0 spiro atoms. The van der Waals surface area contributed by atoms with Crippen LogP contribution in [0, 0.1) is 13.8 Å². The zero-order valence-electron chi connectivity index (χ0n) is 16.3. The highest BCUT2D eigenvalue weighted by molar-refractivity contribution is 8.14. The molecule has 29 heavy (non-hydrogen) atoms. The number of hydrogen-bond donors (Lipinski definition) is 1. The molecule has 2 unspecified atom stereocenters. The van der Waals surface area contributed by atoms with Gasteiger partial charge in [-0.1, -0.05) is 35.0 Å². The van der Waals surface area contributed by atoms with E-state index in [0.29, 0.717) is 22.4 Å². The van der Waals surface area contributed by atoms with Crippen molar-refractivity contribution in [2.75, 3.05) is 5.01 Å². The molecule has 4 rings (SSSR count). The Bertz CT molecular complexity index is 1070. The van der Waals surface area contributed by atoms with E-state index in [1.165, 1.54) is 11.8 Å². The minimum absolute atomic E-state index is 0.00268. The first kappa shape index (κ1) is 20.3. The van der Waals surface area contributed by atoms with Gasteiger partial charge in [-0.3, -0.25) is 9.36 Å². The monoisotopic (exact) mass is 449 g/mol. The van der Waals surface area contributed by atoms with Gasteiger partial charge in [0.05, 0.1) is 18.3 Å². The highest BCUT2D eigenvalue weighted by Gasteiger charge is 2.31. The van der Waals surface area contributed by atoms with Crippen LogP contribution in [0.2, 0.25) is 10.0 Å². The van der Waals surface area contributed by atoms with Crippen molar-refractivity contribution in [2.45, 2.75) is 38.9 Å². The topological polar surface area (TPSA) is 77.3 Å². The molecule has 10 heteroatoms. The fourth-order valence-corrected chi connectivity index (χ4v) is 4.57. The van der Waals surface area contributed by atoms with Gasteiger partial charge in [-0.2, -0.15) is 15.3 Å². The number of nitrogens with two attached hydrogens (primary N) is 1. The fraction of sp³-hybridized carbons (Fsp3) is 0.316. The Kier molecular flexibility index (Phi) is 5.61. The molecule has 1 aromatic carbocycles. The summed E-state index contributed by atoms with van der Waals surface area (Å²) >= 11 is 13.9. The Morgan fingerprint density at radius 1 is 1.17 bits per heavy atom. The van der Waals surface area contributed by atoms with Crippen molar-refractivity contribution in [1.29, 1.82) is 0 Å². The van der Waals surface area contributed by atoms with Gasteiger partial charge in [0.15, 0.2) is 11.3 Å². The minimum atomic E-state index is -0.345. The predicted molar refractivity (Wildman–Crippen MR) is 120 cm³/mol. The molecule has 0 saturated heterocycles. The van der Waals surface area contributed by atoms with Crippen LogP contribution in [0.25, 0.3) is 0 Å². The zero-order valence-corrected chi connectivity index (χ0v) is 18.6. The number of aryl methyl sites for hydroxylation is 2. The van der Waals surface area contributed by atoms with Gasteiger partial charge in [0.2, 0.25) is 0 Å².